The molecule has 0 aliphatic heterocycles. The van der Waals surface area contributed by atoms with Gasteiger partial charge in [-0.1, -0.05) is 18.2 Å². The summed E-state index contributed by atoms with van der Waals surface area (Å²) < 4.78 is 55.4. The molecule has 1 atom stereocenters. The average molecular weight is 420 g/mol. The summed E-state index contributed by atoms with van der Waals surface area (Å²) in [6.45, 7) is 3.28. The number of aryl methyl sites for hydroxylation is 1. The van der Waals surface area contributed by atoms with Gasteiger partial charge in [-0.2, -0.15) is 0 Å². The van der Waals surface area contributed by atoms with Crippen molar-refractivity contribution in [2.24, 2.45) is 0 Å². The third kappa shape index (κ3) is 3.64. The second-order valence-electron chi connectivity index (χ2n) is 7.58. The number of nitrogens with zero attached hydrogens (tertiary/aromatic N) is 3. The monoisotopic (exact) mass is 420 g/mol. The normalized spacial score (nSPS) is 19.7. The number of anilines is 1. The molecule has 0 radical (unpaired) electrons. The Morgan fingerprint density at radius 1 is 1.20 bits per heavy atom. The Balaban J connectivity index is 1.74. The highest BCUT2D eigenvalue weighted by Gasteiger charge is 2.31. The minimum absolute atomic E-state index is 0.0739. The molecule has 0 spiro atoms. The van der Waals surface area contributed by atoms with Crippen molar-refractivity contribution >= 4 is 16.7 Å². The number of halogens is 4. The number of rotatable bonds is 5. The molecular weight excluding hydrogens is 400 g/mol. The van der Waals surface area contributed by atoms with Crippen LogP contribution in [0.3, 0.4) is 0 Å². The standard InChI is InChI=1S/C21H20F4N4O/c1-10(14-4-3-5-15(19(14)23)20(24)25)26-21-16-9-29(13-6-12(22)7-13)18(30)8-17(16)27-11(2)28-21/h3-5,8-10,12-13,20H,6-7H2,1-2H3,(H,26,27,28)/t10-,12-,13-/m1/s1. The molecule has 5 nitrogen and oxygen atoms in total. The molecule has 2 heterocycles. The summed E-state index contributed by atoms with van der Waals surface area (Å²) >= 11 is 0. The van der Waals surface area contributed by atoms with E-state index in [-0.39, 0.29) is 30.0 Å². The van der Waals surface area contributed by atoms with Gasteiger partial charge in [0.15, 0.2) is 0 Å². The molecule has 1 aromatic carbocycles. The van der Waals surface area contributed by atoms with Crippen LogP contribution in [0.25, 0.3) is 10.9 Å². The smallest absolute Gasteiger partial charge is 0.266 e. The largest absolute Gasteiger partial charge is 0.363 e. The number of pyridine rings is 1. The third-order valence-electron chi connectivity index (χ3n) is 5.43. The second-order valence-corrected chi connectivity index (χ2v) is 7.58. The summed E-state index contributed by atoms with van der Waals surface area (Å²) in [7, 11) is 0. The van der Waals surface area contributed by atoms with Crippen LogP contribution in [-0.2, 0) is 0 Å². The minimum Gasteiger partial charge on any atom is -0.363 e. The fraction of sp³-hybridized carbons (Fsp3) is 0.381. The highest BCUT2D eigenvalue weighted by Crippen LogP contribution is 2.35. The molecule has 158 valence electrons. The van der Waals surface area contributed by atoms with E-state index >= 15 is 0 Å². The summed E-state index contributed by atoms with van der Waals surface area (Å²) in [5.74, 6) is -0.233. The zero-order valence-electron chi connectivity index (χ0n) is 16.4. The van der Waals surface area contributed by atoms with Gasteiger partial charge in [-0.05, 0) is 26.7 Å². The molecular formula is C21H20F4N4O. The van der Waals surface area contributed by atoms with Gasteiger partial charge in [0.1, 0.15) is 23.6 Å². The maximum absolute atomic E-state index is 14.5. The van der Waals surface area contributed by atoms with Crippen LogP contribution in [0.5, 0.6) is 0 Å². The molecule has 0 saturated heterocycles. The molecule has 3 aromatic rings. The Kier molecular flexibility index (Phi) is 5.21. The van der Waals surface area contributed by atoms with Gasteiger partial charge in [0.05, 0.1) is 22.5 Å². The highest BCUT2D eigenvalue weighted by molar-refractivity contribution is 5.88. The van der Waals surface area contributed by atoms with E-state index in [2.05, 4.69) is 15.3 Å². The van der Waals surface area contributed by atoms with Crippen molar-refractivity contribution in [1.82, 2.24) is 14.5 Å². The molecule has 2 aromatic heterocycles. The number of nitrogens with one attached hydrogen (secondary N) is 1. The summed E-state index contributed by atoms with van der Waals surface area (Å²) in [5.41, 5.74) is -0.474. The quantitative estimate of drug-likeness (QED) is 0.589. The van der Waals surface area contributed by atoms with Crippen LogP contribution < -0.4 is 10.9 Å². The lowest BCUT2D eigenvalue weighted by Crippen LogP contribution is -2.34. The van der Waals surface area contributed by atoms with Gasteiger partial charge >= 0.3 is 0 Å². The van der Waals surface area contributed by atoms with Crippen molar-refractivity contribution in [3.63, 3.8) is 0 Å². The van der Waals surface area contributed by atoms with Crippen LogP contribution in [0.1, 0.15) is 55.2 Å². The van der Waals surface area contributed by atoms with E-state index in [1.165, 1.54) is 22.8 Å². The summed E-state index contributed by atoms with van der Waals surface area (Å²) in [5, 5.41) is 3.57. The Hall–Kier alpha value is -2.97. The molecule has 0 bridgehead atoms. The van der Waals surface area contributed by atoms with Crippen LogP contribution >= 0.6 is 0 Å². The van der Waals surface area contributed by atoms with E-state index in [1.54, 1.807) is 20.0 Å². The van der Waals surface area contributed by atoms with Crippen LogP contribution in [-0.4, -0.2) is 20.7 Å². The molecule has 9 heteroatoms. The van der Waals surface area contributed by atoms with Gasteiger partial charge in [-0.25, -0.2) is 27.5 Å². The molecule has 1 aliphatic rings. The first-order chi connectivity index (χ1) is 14.2. The number of hydrogen-bond acceptors (Lipinski definition) is 4. The maximum atomic E-state index is 14.5. The predicted octanol–water partition coefficient (Wildman–Crippen LogP) is 5.02. The molecule has 30 heavy (non-hydrogen) atoms. The first kappa shape index (κ1) is 20.3. The van der Waals surface area contributed by atoms with Crippen molar-refractivity contribution in [1.29, 1.82) is 0 Å². The molecule has 1 fully saturated rings. The van der Waals surface area contributed by atoms with Crippen molar-refractivity contribution in [2.45, 2.75) is 51.4 Å². The maximum Gasteiger partial charge on any atom is 0.266 e. The number of alkyl halides is 3. The summed E-state index contributed by atoms with van der Waals surface area (Å²) in [6.07, 6.45) is -1.73. The van der Waals surface area contributed by atoms with Gasteiger partial charge < -0.3 is 9.88 Å². The lowest BCUT2D eigenvalue weighted by molar-refractivity contribution is 0.134. The van der Waals surface area contributed by atoms with Crippen LogP contribution in [0.4, 0.5) is 23.4 Å². The molecule has 1 N–H and O–H groups in total. The number of hydrogen-bond donors (Lipinski definition) is 1. The van der Waals surface area contributed by atoms with Crippen LogP contribution in [0.2, 0.25) is 0 Å². The second kappa shape index (κ2) is 7.70. The lowest BCUT2D eigenvalue weighted by atomic mass is 9.90. The Morgan fingerprint density at radius 2 is 1.90 bits per heavy atom. The van der Waals surface area contributed by atoms with Crippen molar-refractivity contribution in [2.75, 3.05) is 5.32 Å². The van der Waals surface area contributed by atoms with E-state index in [0.29, 0.717) is 22.5 Å². The zero-order chi connectivity index (χ0) is 21.6. The van der Waals surface area contributed by atoms with Gasteiger partial charge in [-0.3, -0.25) is 4.79 Å². The molecule has 0 amide bonds. The average Bonchev–Trinajstić information content (AvgIpc) is 2.65. The zero-order valence-corrected chi connectivity index (χ0v) is 16.4. The lowest BCUT2D eigenvalue weighted by Gasteiger charge is -2.31. The van der Waals surface area contributed by atoms with Crippen LogP contribution in [0, 0.1) is 12.7 Å². The van der Waals surface area contributed by atoms with Gasteiger partial charge in [0.2, 0.25) is 0 Å². The van der Waals surface area contributed by atoms with E-state index < -0.39 is 30.0 Å². The van der Waals surface area contributed by atoms with Gasteiger partial charge in [0.25, 0.3) is 12.0 Å². The molecule has 0 unspecified atom stereocenters. The van der Waals surface area contributed by atoms with E-state index in [0.717, 1.165) is 6.07 Å². The Bertz CT molecular complexity index is 1160. The van der Waals surface area contributed by atoms with Crippen LogP contribution in [0.15, 0.2) is 35.3 Å². The first-order valence-electron chi connectivity index (χ1n) is 9.62. The van der Waals surface area contributed by atoms with E-state index in [1.807, 2.05) is 0 Å². The number of benzene rings is 1. The van der Waals surface area contributed by atoms with E-state index in [9.17, 15) is 22.4 Å². The molecule has 1 aliphatic carbocycles. The van der Waals surface area contributed by atoms with Crippen molar-refractivity contribution in [3.8, 4) is 0 Å². The topological polar surface area (TPSA) is 59.8 Å². The predicted molar refractivity (Wildman–Crippen MR) is 105 cm³/mol. The third-order valence-corrected chi connectivity index (χ3v) is 5.43. The fourth-order valence-corrected chi connectivity index (χ4v) is 3.73. The van der Waals surface area contributed by atoms with Gasteiger partial charge in [0, 0.05) is 23.9 Å². The summed E-state index contributed by atoms with van der Waals surface area (Å²) in [4.78, 5) is 21.1. The summed E-state index contributed by atoms with van der Waals surface area (Å²) in [6, 6.07) is 4.31. The Morgan fingerprint density at radius 3 is 2.57 bits per heavy atom. The molecule has 1 saturated carbocycles. The van der Waals surface area contributed by atoms with Crippen molar-refractivity contribution in [3.05, 3.63) is 63.6 Å². The highest BCUT2D eigenvalue weighted by atomic mass is 19.3. The first-order valence-corrected chi connectivity index (χ1v) is 9.62. The fourth-order valence-electron chi connectivity index (χ4n) is 3.73. The Labute approximate surface area is 169 Å². The minimum atomic E-state index is -2.92. The number of aromatic nitrogens is 3. The van der Waals surface area contributed by atoms with Crippen molar-refractivity contribution < 1.29 is 17.6 Å². The number of fused-ring (bicyclic) bond motifs is 1. The molecule has 4 rings (SSSR count). The van der Waals surface area contributed by atoms with Gasteiger partial charge in [-0.15, -0.1) is 0 Å². The van der Waals surface area contributed by atoms with E-state index in [4.69, 9.17) is 0 Å². The SMILES string of the molecule is Cc1nc(N[C@H](C)c2cccc(C(F)F)c2F)c2cn([C@H]3C[C@H](F)C3)c(=O)cc2n1.